The predicted octanol–water partition coefficient (Wildman–Crippen LogP) is 1.60. The average Bonchev–Trinajstić information content (AvgIpc) is 2.27. The van der Waals surface area contributed by atoms with Crippen molar-refractivity contribution in [3.63, 3.8) is 0 Å². The number of carbonyl (C=O) groups is 1. The van der Waals surface area contributed by atoms with E-state index in [1.807, 2.05) is 0 Å². The molecule has 2 N–H and O–H groups in total. The third kappa shape index (κ3) is 4.45. The van der Waals surface area contributed by atoms with E-state index < -0.39 is 31.8 Å². The van der Waals surface area contributed by atoms with Crippen LogP contribution in [-0.4, -0.2) is 35.3 Å². The molecule has 1 unspecified atom stereocenters. The monoisotopic (exact) mass is 303 g/mol. The molecular formula is C9H15F2NO4S2. The van der Waals surface area contributed by atoms with E-state index in [0.717, 1.165) is 32.1 Å². The number of hydrogen-bond acceptors (Lipinski definition) is 5. The molecule has 5 nitrogen and oxygen atoms in total. The molecule has 0 saturated heterocycles. The normalized spacial score (nSPS) is 20.6. The lowest BCUT2D eigenvalue weighted by molar-refractivity contribution is -0.108. The summed E-state index contributed by atoms with van der Waals surface area (Å²) in [4.78, 5) is 10.7. The van der Waals surface area contributed by atoms with Gasteiger partial charge >= 0.3 is 14.7 Å². The summed E-state index contributed by atoms with van der Waals surface area (Å²) < 4.78 is 50.9. The molecule has 1 aliphatic rings. The Kier molecular flexibility index (Phi) is 5.50. The van der Waals surface area contributed by atoms with Crippen molar-refractivity contribution in [3.05, 3.63) is 0 Å². The van der Waals surface area contributed by atoms with Gasteiger partial charge in [0, 0.05) is 6.04 Å². The topological polar surface area (TPSA) is 83.5 Å². The molecule has 1 rings (SSSR count). The molecule has 1 atom stereocenters. The van der Waals surface area contributed by atoms with Gasteiger partial charge in [0.2, 0.25) is 0 Å². The van der Waals surface area contributed by atoms with E-state index in [1.165, 1.54) is 0 Å². The first-order chi connectivity index (χ1) is 8.26. The Morgan fingerprint density at radius 3 is 2.33 bits per heavy atom. The second kappa shape index (κ2) is 6.27. The zero-order valence-electron chi connectivity index (χ0n) is 9.51. The van der Waals surface area contributed by atoms with E-state index in [4.69, 9.17) is 4.55 Å². The van der Waals surface area contributed by atoms with Crippen LogP contribution in [0.5, 0.6) is 0 Å². The van der Waals surface area contributed by atoms with E-state index in [1.54, 1.807) is 0 Å². The van der Waals surface area contributed by atoms with Crippen molar-refractivity contribution in [1.82, 2.24) is 5.32 Å². The van der Waals surface area contributed by atoms with Crippen molar-refractivity contribution in [1.29, 1.82) is 0 Å². The first kappa shape index (κ1) is 15.8. The summed E-state index contributed by atoms with van der Waals surface area (Å²) in [6.07, 6.45) is 4.71. The molecule has 1 aliphatic carbocycles. The van der Waals surface area contributed by atoms with Gasteiger partial charge in [-0.05, 0) is 24.6 Å². The molecule has 0 radical (unpaired) electrons. The highest BCUT2D eigenvalue weighted by atomic mass is 32.3. The van der Waals surface area contributed by atoms with Gasteiger partial charge in [-0.25, -0.2) is 0 Å². The fourth-order valence-electron chi connectivity index (χ4n) is 1.81. The van der Waals surface area contributed by atoms with Gasteiger partial charge in [0.15, 0.2) is 0 Å². The molecule has 0 bridgehead atoms. The van der Waals surface area contributed by atoms with Gasteiger partial charge in [0.05, 0.1) is 0 Å². The van der Waals surface area contributed by atoms with Crippen molar-refractivity contribution >= 4 is 28.2 Å². The molecule has 0 spiro atoms. The summed E-state index contributed by atoms with van der Waals surface area (Å²) in [5, 5.41) is 1.32. The Labute approximate surface area is 108 Å². The Morgan fingerprint density at radius 1 is 1.33 bits per heavy atom. The lowest BCUT2D eigenvalue weighted by Crippen LogP contribution is -2.41. The molecule has 0 amide bonds. The number of alkyl halides is 2. The summed E-state index contributed by atoms with van der Waals surface area (Å²) >= 11 is -0.403. The van der Waals surface area contributed by atoms with Crippen LogP contribution < -0.4 is 5.32 Å². The van der Waals surface area contributed by atoms with E-state index in [2.05, 4.69) is 5.32 Å². The van der Waals surface area contributed by atoms with Crippen molar-refractivity contribution < 1.29 is 26.5 Å². The SMILES string of the molecule is O=CC(NC1CCCCC1)SC(F)(F)S(=O)(=O)O. The highest BCUT2D eigenvalue weighted by Gasteiger charge is 2.47. The van der Waals surface area contributed by atoms with E-state index >= 15 is 0 Å². The van der Waals surface area contributed by atoms with Gasteiger partial charge in [-0.1, -0.05) is 19.3 Å². The maximum atomic E-state index is 13.0. The summed E-state index contributed by atoms with van der Waals surface area (Å²) in [6.45, 7) is 0. The Hall–Kier alpha value is -0.250. The molecule has 0 aromatic heterocycles. The average molecular weight is 303 g/mol. The van der Waals surface area contributed by atoms with Gasteiger partial charge in [0.1, 0.15) is 11.7 Å². The minimum atomic E-state index is -5.52. The van der Waals surface area contributed by atoms with Gasteiger partial charge in [0.25, 0.3) is 0 Å². The third-order valence-electron chi connectivity index (χ3n) is 2.69. The van der Waals surface area contributed by atoms with Crippen LogP contribution in [0.25, 0.3) is 0 Å². The maximum absolute atomic E-state index is 13.0. The molecular weight excluding hydrogens is 288 g/mol. The lowest BCUT2D eigenvalue weighted by atomic mass is 9.96. The molecule has 0 aromatic rings. The van der Waals surface area contributed by atoms with Crippen LogP contribution in [0.2, 0.25) is 0 Å². The maximum Gasteiger partial charge on any atom is 0.419 e. The summed E-state index contributed by atoms with van der Waals surface area (Å²) in [5.41, 5.74) is 0. The fourth-order valence-corrected chi connectivity index (χ4v) is 3.22. The second-order valence-corrected chi connectivity index (χ2v) is 7.09. The van der Waals surface area contributed by atoms with E-state index in [9.17, 15) is 22.0 Å². The summed E-state index contributed by atoms with van der Waals surface area (Å²) in [6, 6.07) is -0.0707. The molecule has 1 saturated carbocycles. The first-order valence-electron chi connectivity index (χ1n) is 5.50. The quantitative estimate of drug-likeness (QED) is 0.440. The molecule has 18 heavy (non-hydrogen) atoms. The Morgan fingerprint density at radius 2 is 1.89 bits per heavy atom. The van der Waals surface area contributed by atoms with Crippen LogP contribution in [0.3, 0.4) is 0 Å². The fraction of sp³-hybridized carbons (Fsp3) is 0.889. The second-order valence-electron chi connectivity index (χ2n) is 4.11. The lowest BCUT2D eigenvalue weighted by Gasteiger charge is -2.26. The predicted molar refractivity (Wildman–Crippen MR) is 63.9 cm³/mol. The molecule has 106 valence electrons. The molecule has 1 fully saturated rings. The molecule has 0 aliphatic heterocycles. The number of rotatable bonds is 6. The number of aldehydes is 1. The molecule has 0 aromatic carbocycles. The van der Waals surface area contributed by atoms with Crippen molar-refractivity contribution in [2.75, 3.05) is 0 Å². The smallest absolute Gasteiger partial charge is 0.301 e. The van der Waals surface area contributed by atoms with Crippen LogP contribution in [0.1, 0.15) is 32.1 Å². The number of carbonyl (C=O) groups excluding carboxylic acids is 1. The number of nitrogens with one attached hydrogen (secondary N) is 1. The van der Waals surface area contributed by atoms with Gasteiger partial charge in [-0.2, -0.15) is 17.2 Å². The molecule has 9 heteroatoms. The zero-order valence-corrected chi connectivity index (χ0v) is 11.1. The van der Waals surface area contributed by atoms with Crippen molar-refractivity contribution in [3.8, 4) is 0 Å². The van der Waals surface area contributed by atoms with Crippen molar-refractivity contribution in [2.24, 2.45) is 0 Å². The minimum absolute atomic E-state index is 0.0707. The van der Waals surface area contributed by atoms with Crippen LogP contribution in [0.4, 0.5) is 8.78 Å². The third-order valence-corrected chi connectivity index (χ3v) is 4.99. The summed E-state index contributed by atoms with van der Waals surface area (Å²) in [7, 11) is -5.52. The highest BCUT2D eigenvalue weighted by Crippen LogP contribution is 2.36. The van der Waals surface area contributed by atoms with Crippen LogP contribution >= 0.6 is 11.8 Å². The van der Waals surface area contributed by atoms with Gasteiger partial charge < -0.3 is 4.79 Å². The molecule has 0 heterocycles. The van der Waals surface area contributed by atoms with E-state index in [0.29, 0.717) is 0 Å². The van der Waals surface area contributed by atoms with Crippen LogP contribution in [0.15, 0.2) is 0 Å². The number of hydrogen-bond donors (Lipinski definition) is 2. The zero-order chi connectivity index (χ0) is 13.8. The van der Waals surface area contributed by atoms with Crippen molar-refractivity contribution in [2.45, 2.75) is 48.1 Å². The van der Waals surface area contributed by atoms with Gasteiger partial charge in [-0.3, -0.25) is 9.87 Å². The van der Waals surface area contributed by atoms with Gasteiger partial charge in [-0.15, -0.1) is 0 Å². The Balaban J connectivity index is 2.59. The first-order valence-corrected chi connectivity index (χ1v) is 7.82. The Bertz CT molecular complexity index is 382. The highest BCUT2D eigenvalue weighted by molar-refractivity contribution is 8.13. The minimum Gasteiger partial charge on any atom is -0.301 e. The van der Waals surface area contributed by atoms with Crippen LogP contribution in [-0.2, 0) is 14.9 Å². The largest absolute Gasteiger partial charge is 0.419 e. The summed E-state index contributed by atoms with van der Waals surface area (Å²) in [5.74, 6) is 0. The van der Waals surface area contributed by atoms with Crippen LogP contribution in [0, 0.1) is 0 Å². The number of thioether (sulfide) groups is 1. The number of halogens is 2. The van der Waals surface area contributed by atoms with E-state index in [-0.39, 0.29) is 12.3 Å². The standard InChI is InChI=1S/C9H15F2NO4S2/c10-9(11,18(14,15)16)17-8(6-13)12-7-4-2-1-3-5-7/h6-8,12H,1-5H2,(H,14,15,16).